The number of carbonyl (C=O) groups is 1. The van der Waals surface area contributed by atoms with Crippen LogP contribution in [-0.2, 0) is 4.79 Å². The molecule has 2 atom stereocenters. The van der Waals surface area contributed by atoms with E-state index in [1.54, 1.807) is 0 Å². The van der Waals surface area contributed by atoms with Crippen molar-refractivity contribution in [2.75, 3.05) is 6.54 Å². The minimum Gasteiger partial charge on any atom is -0.354 e. The van der Waals surface area contributed by atoms with Crippen LogP contribution in [0.25, 0.3) is 0 Å². The van der Waals surface area contributed by atoms with Gasteiger partial charge in [0, 0.05) is 18.5 Å². The highest BCUT2D eigenvalue weighted by molar-refractivity contribution is 5.85. The molecule has 3 fully saturated rings. The molecule has 4 heteroatoms. The highest BCUT2D eigenvalue weighted by Crippen LogP contribution is 2.62. The van der Waals surface area contributed by atoms with E-state index in [1.807, 2.05) is 0 Å². The third-order valence-electron chi connectivity index (χ3n) is 4.85. The molecule has 3 saturated carbocycles. The summed E-state index contributed by atoms with van der Waals surface area (Å²) in [5, 5.41) is 3.05. The second-order valence-corrected chi connectivity index (χ2v) is 6.07. The van der Waals surface area contributed by atoms with Crippen molar-refractivity contribution in [3.05, 3.63) is 0 Å². The van der Waals surface area contributed by atoms with Gasteiger partial charge in [0.2, 0.25) is 5.91 Å². The summed E-state index contributed by atoms with van der Waals surface area (Å²) in [4.78, 5) is 11.9. The number of carbonyl (C=O) groups excluding carboxylic acids is 1. The molecule has 3 aliphatic rings. The van der Waals surface area contributed by atoms with Gasteiger partial charge in [0.15, 0.2) is 0 Å². The second-order valence-electron chi connectivity index (χ2n) is 6.07. The van der Waals surface area contributed by atoms with Crippen molar-refractivity contribution in [3.63, 3.8) is 0 Å². The number of nitrogens with two attached hydrogens (primary N) is 1. The van der Waals surface area contributed by atoms with E-state index in [0.29, 0.717) is 23.8 Å². The maximum absolute atomic E-state index is 11.9. The molecule has 0 heterocycles. The number of hydrogen-bond donors (Lipinski definition) is 2. The van der Waals surface area contributed by atoms with Crippen molar-refractivity contribution in [2.24, 2.45) is 23.0 Å². The summed E-state index contributed by atoms with van der Waals surface area (Å²) in [7, 11) is 0. The van der Waals surface area contributed by atoms with Crippen molar-refractivity contribution < 1.29 is 4.79 Å². The Labute approximate surface area is 109 Å². The largest absolute Gasteiger partial charge is 0.354 e. The standard InChI is InChI=1S/C13H22N2O.ClH/c14-11(9-3-4-9)8-15-12(16)10-7-13(10)5-1-2-6-13;/h9-11H,1-8,14H2,(H,15,16);1H. The Morgan fingerprint density at radius 1 is 1.35 bits per heavy atom. The number of amides is 1. The summed E-state index contributed by atoms with van der Waals surface area (Å²) >= 11 is 0. The molecule has 0 radical (unpaired) electrons. The van der Waals surface area contributed by atoms with Crippen molar-refractivity contribution in [2.45, 2.75) is 51.0 Å². The summed E-state index contributed by atoms with van der Waals surface area (Å²) in [5.74, 6) is 1.28. The molecular formula is C13H23ClN2O. The van der Waals surface area contributed by atoms with E-state index in [1.165, 1.54) is 38.5 Å². The maximum Gasteiger partial charge on any atom is 0.223 e. The van der Waals surface area contributed by atoms with Crippen LogP contribution in [0.5, 0.6) is 0 Å². The Morgan fingerprint density at radius 3 is 2.59 bits per heavy atom. The minimum absolute atomic E-state index is 0. The topological polar surface area (TPSA) is 55.1 Å². The highest BCUT2D eigenvalue weighted by atomic mass is 35.5. The molecule has 3 nitrogen and oxygen atoms in total. The van der Waals surface area contributed by atoms with Gasteiger partial charge >= 0.3 is 0 Å². The Kier molecular flexibility index (Phi) is 3.69. The van der Waals surface area contributed by atoms with Crippen molar-refractivity contribution in [1.29, 1.82) is 0 Å². The first kappa shape index (κ1) is 13.2. The van der Waals surface area contributed by atoms with Gasteiger partial charge in [0.1, 0.15) is 0 Å². The van der Waals surface area contributed by atoms with Gasteiger partial charge in [-0.25, -0.2) is 0 Å². The molecule has 3 rings (SSSR count). The van der Waals surface area contributed by atoms with E-state index in [4.69, 9.17) is 5.73 Å². The lowest BCUT2D eigenvalue weighted by Gasteiger charge is -2.13. The molecule has 3 aliphatic carbocycles. The average molecular weight is 259 g/mol. The summed E-state index contributed by atoms with van der Waals surface area (Å²) in [6, 6.07) is 0.197. The van der Waals surface area contributed by atoms with Gasteiger partial charge in [-0.15, -0.1) is 12.4 Å². The van der Waals surface area contributed by atoms with E-state index in [2.05, 4.69) is 5.32 Å². The van der Waals surface area contributed by atoms with Crippen LogP contribution in [0.4, 0.5) is 0 Å². The average Bonchev–Trinajstić information content (AvgIpc) is 3.13. The number of rotatable bonds is 4. The van der Waals surface area contributed by atoms with Gasteiger partial charge in [-0.3, -0.25) is 4.79 Å². The lowest BCUT2D eigenvalue weighted by molar-refractivity contribution is -0.123. The number of halogens is 1. The number of nitrogens with one attached hydrogen (secondary N) is 1. The Hall–Kier alpha value is -0.280. The molecule has 0 aromatic carbocycles. The fraction of sp³-hybridized carbons (Fsp3) is 0.923. The van der Waals surface area contributed by atoms with E-state index < -0.39 is 0 Å². The van der Waals surface area contributed by atoms with Crippen molar-refractivity contribution in [1.82, 2.24) is 5.32 Å². The monoisotopic (exact) mass is 258 g/mol. The zero-order valence-electron chi connectivity index (χ0n) is 10.3. The van der Waals surface area contributed by atoms with Crippen LogP contribution in [0, 0.1) is 17.3 Å². The van der Waals surface area contributed by atoms with Crippen LogP contribution < -0.4 is 11.1 Å². The Balaban J connectivity index is 0.00000108. The number of hydrogen-bond acceptors (Lipinski definition) is 2. The lowest BCUT2D eigenvalue weighted by atomic mass is 10.0. The predicted octanol–water partition coefficient (Wildman–Crippen LogP) is 1.84. The van der Waals surface area contributed by atoms with Gasteiger partial charge in [-0.2, -0.15) is 0 Å². The normalized spacial score (nSPS) is 30.8. The molecule has 98 valence electrons. The predicted molar refractivity (Wildman–Crippen MR) is 70.0 cm³/mol. The summed E-state index contributed by atoms with van der Waals surface area (Å²) in [5.41, 5.74) is 6.40. The van der Waals surface area contributed by atoms with Crippen LogP contribution in [0.15, 0.2) is 0 Å². The first-order valence-corrected chi connectivity index (χ1v) is 6.75. The maximum atomic E-state index is 11.9. The van der Waals surface area contributed by atoms with Gasteiger partial charge in [0.25, 0.3) is 0 Å². The van der Waals surface area contributed by atoms with E-state index in [-0.39, 0.29) is 24.4 Å². The molecular weight excluding hydrogens is 236 g/mol. The smallest absolute Gasteiger partial charge is 0.223 e. The molecule has 0 aromatic heterocycles. The van der Waals surface area contributed by atoms with Crippen LogP contribution in [0.1, 0.15) is 44.9 Å². The molecule has 17 heavy (non-hydrogen) atoms. The fourth-order valence-electron chi connectivity index (χ4n) is 3.38. The molecule has 0 bridgehead atoms. The molecule has 0 saturated heterocycles. The second kappa shape index (κ2) is 4.77. The van der Waals surface area contributed by atoms with E-state index in [0.717, 1.165) is 6.42 Å². The fourth-order valence-corrected chi connectivity index (χ4v) is 3.38. The molecule has 3 N–H and O–H groups in total. The van der Waals surface area contributed by atoms with Gasteiger partial charge in [0.05, 0.1) is 0 Å². The van der Waals surface area contributed by atoms with Gasteiger partial charge in [-0.05, 0) is 43.4 Å². The van der Waals surface area contributed by atoms with Gasteiger partial charge in [-0.1, -0.05) is 12.8 Å². The molecule has 1 spiro atoms. The van der Waals surface area contributed by atoms with Gasteiger partial charge < -0.3 is 11.1 Å². The SMILES string of the molecule is Cl.NC(CNC(=O)C1CC12CCCC2)C1CC1. The van der Waals surface area contributed by atoms with Crippen LogP contribution in [0.3, 0.4) is 0 Å². The zero-order chi connectivity index (χ0) is 11.2. The van der Waals surface area contributed by atoms with Crippen molar-refractivity contribution in [3.8, 4) is 0 Å². The summed E-state index contributed by atoms with van der Waals surface area (Å²) in [6.07, 6.45) is 8.85. The van der Waals surface area contributed by atoms with E-state index in [9.17, 15) is 4.79 Å². The Morgan fingerprint density at radius 2 is 2.00 bits per heavy atom. The Bertz CT molecular complexity index is 298. The van der Waals surface area contributed by atoms with Crippen LogP contribution in [-0.4, -0.2) is 18.5 Å². The first-order chi connectivity index (χ1) is 7.71. The third kappa shape index (κ3) is 2.60. The molecule has 0 aliphatic heterocycles. The van der Waals surface area contributed by atoms with Crippen LogP contribution in [0.2, 0.25) is 0 Å². The highest BCUT2D eigenvalue weighted by Gasteiger charge is 2.58. The molecule has 1 amide bonds. The van der Waals surface area contributed by atoms with E-state index >= 15 is 0 Å². The lowest BCUT2D eigenvalue weighted by Crippen LogP contribution is -2.39. The summed E-state index contributed by atoms with van der Waals surface area (Å²) < 4.78 is 0. The minimum atomic E-state index is 0. The first-order valence-electron chi connectivity index (χ1n) is 6.75. The summed E-state index contributed by atoms with van der Waals surface area (Å²) in [6.45, 7) is 0.691. The quantitative estimate of drug-likeness (QED) is 0.809. The zero-order valence-corrected chi connectivity index (χ0v) is 11.1. The molecule has 0 aromatic rings. The molecule has 2 unspecified atom stereocenters. The third-order valence-corrected chi connectivity index (χ3v) is 4.85. The van der Waals surface area contributed by atoms with Crippen molar-refractivity contribution >= 4 is 18.3 Å². The van der Waals surface area contributed by atoms with Crippen LogP contribution >= 0.6 is 12.4 Å².